The van der Waals surface area contributed by atoms with Crippen LogP contribution in [0.25, 0.3) is 0 Å². The molecule has 0 amide bonds. The average Bonchev–Trinajstić information content (AvgIpc) is 2.90. The lowest BCUT2D eigenvalue weighted by molar-refractivity contribution is 0.405. The summed E-state index contributed by atoms with van der Waals surface area (Å²) < 4.78 is 10.7. The number of anilines is 1. The number of thioether (sulfide) groups is 1. The molecular formula is C29H38IN3O2S. The Bertz CT molecular complexity index is 1000. The molecule has 194 valence electrons. The van der Waals surface area contributed by atoms with Crippen LogP contribution < -0.4 is 14.4 Å². The molecule has 0 fully saturated rings. The van der Waals surface area contributed by atoms with Crippen molar-refractivity contribution >= 4 is 52.3 Å². The quantitative estimate of drug-likeness (QED) is 0.126. The van der Waals surface area contributed by atoms with Crippen molar-refractivity contribution in [3.63, 3.8) is 0 Å². The number of ether oxygens (including phenoxy) is 2. The summed E-state index contributed by atoms with van der Waals surface area (Å²) in [6.45, 7) is 10.0. The lowest BCUT2D eigenvalue weighted by atomic mass is 10.1. The van der Waals surface area contributed by atoms with Gasteiger partial charge in [-0.05, 0) is 79.3 Å². The van der Waals surface area contributed by atoms with Gasteiger partial charge in [0, 0.05) is 31.9 Å². The Hall–Kier alpha value is -2.39. The van der Waals surface area contributed by atoms with Gasteiger partial charge in [0.05, 0.1) is 19.9 Å². The lowest BCUT2D eigenvalue weighted by Crippen LogP contribution is -2.28. The van der Waals surface area contributed by atoms with E-state index in [0.29, 0.717) is 0 Å². The van der Waals surface area contributed by atoms with Crippen LogP contribution in [0.5, 0.6) is 11.5 Å². The summed E-state index contributed by atoms with van der Waals surface area (Å²) in [6.07, 6.45) is 0. The normalized spacial score (nSPS) is 11.0. The highest BCUT2D eigenvalue weighted by Gasteiger charge is 2.14. The van der Waals surface area contributed by atoms with E-state index in [0.717, 1.165) is 54.3 Å². The molecular weight excluding hydrogens is 581 g/mol. The van der Waals surface area contributed by atoms with Crippen molar-refractivity contribution in [2.45, 2.75) is 33.9 Å². The van der Waals surface area contributed by atoms with Gasteiger partial charge in [-0.2, -0.15) is 0 Å². The fourth-order valence-electron chi connectivity index (χ4n) is 3.85. The minimum absolute atomic E-state index is 0. The summed E-state index contributed by atoms with van der Waals surface area (Å²) in [5, 5.41) is 1.01. The van der Waals surface area contributed by atoms with Crippen LogP contribution in [0.15, 0.2) is 77.8 Å². The van der Waals surface area contributed by atoms with Crippen LogP contribution >= 0.6 is 35.7 Å². The number of rotatable bonds is 11. The number of methoxy groups -OCH3 is 2. The van der Waals surface area contributed by atoms with Gasteiger partial charge in [-0.25, -0.2) is 4.99 Å². The molecule has 7 heteroatoms. The molecule has 0 N–H and O–H groups in total. The highest BCUT2D eigenvalue weighted by atomic mass is 127. The average molecular weight is 620 g/mol. The smallest absolute Gasteiger partial charge is 0.164 e. The van der Waals surface area contributed by atoms with Gasteiger partial charge < -0.3 is 19.3 Å². The van der Waals surface area contributed by atoms with Gasteiger partial charge >= 0.3 is 0 Å². The molecule has 3 aromatic carbocycles. The van der Waals surface area contributed by atoms with Crippen LogP contribution in [0.3, 0.4) is 0 Å². The van der Waals surface area contributed by atoms with Crippen LogP contribution in [0, 0.1) is 0 Å². The topological polar surface area (TPSA) is 37.3 Å². The van der Waals surface area contributed by atoms with E-state index in [1.165, 1.54) is 16.8 Å². The highest BCUT2D eigenvalue weighted by Crippen LogP contribution is 2.25. The molecule has 5 nitrogen and oxygen atoms in total. The number of hydrogen-bond donors (Lipinski definition) is 0. The maximum absolute atomic E-state index is 5.34. The summed E-state index contributed by atoms with van der Waals surface area (Å²) >= 11 is 1.77. The van der Waals surface area contributed by atoms with Gasteiger partial charge in [0.15, 0.2) is 5.17 Å². The fourth-order valence-corrected chi connectivity index (χ4v) is 4.59. The van der Waals surface area contributed by atoms with Gasteiger partial charge in [0.1, 0.15) is 11.5 Å². The largest absolute Gasteiger partial charge is 0.497 e. The van der Waals surface area contributed by atoms with Gasteiger partial charge in [-0.1, -0.05) is 43.0 Å². The molecule has 0 aliphatic rings. The third kappa shape index (κ3) is 8.62. The Morgan fingerprint density at radius 3 is 1.58 bits per heavy atom. The van der Waals surface area contributed by atoms with E-state index < -0.39 is 0 Å². The van der Waals surface area contributed by atoms with E-state index in [1.54, 1.807) is 26.0 Å². The number of benzene rings is 3. The number of nitrogens with zero attached hydrogens (tertiary/aromatic N) is 3. The summed E-state index contributed by atoms with van der Waals surface area (Å²) in [5.74, 6) is 2.67. The summed E-state index contributed by atoms with van der Waals surface area (Å²) in [4.78, 5) is 9.78. The Morgan fingerprint density at radius 2 is 1.19 bits per heavy atom. The molecule has 3 aromatic rings. The molecule has 0 radical (unpaired) electrons. The monoisotopic (exact) mass is 619 g/mol. The molecule has 3 rings (SSSR count). The molecule has 0 aromatic heterocycles. The van der Waals surface area contributed by atoms with Crippen molar-refractivity contribution in [3.05, 3.63) is 83.9 Å². The van der Waals surface area contributed by atoms with Crippen molar-refractivity contribution in [2.75, 3.05) is 38.0 Å². The van der Waals surface area contributed by atoms with Gasteiger partial charge in [0.2, 0.25) is 0 Å². The predicted molar refractivity (Wildman–Crippen MR) is 166 cm³/mol. The van der Waals surface area contributed by atoms with E-state index in [-0.39, 0.29) is 24.0 Å². The molecule has 0 atom stereocenters. The van der Waals surface area contributed by atoms with Crippen molar-refractivity contribution in [1.82, 2.24) is 4.90 Å². The Kier molecular flexibility index (Phi) is 13.0. The van der Waals surface area contributed by atoms with Crippen LogP contribution in [0.1, 0.15) is 31.9 Å². The van der Waals surface area contributed by atoms with Crippen molar-refractivity contribution in [1.29, 1.82) is 0 Å². The minimum Gasteiger partial charge on any atom is -0.497 e. The standard InChI is InChI=1S/C29H37N3O2S.HI/c1-6-31(7-2)26-15-13-25(14-16-26)30-29(35-8-3)32(21-23-9-17-27(33-4)18-10-23)22-24-11-19-28(34-5)20-12-24;/h9-20H,6-8,21-22H2,1-5H3;1H. The summed E-state index contributed by atoms with van der Waals surface area (Å²) in [5.41, 5.74) is 4.61. The van der Waals surface area contributed by atoms with E-state index in [2.05, 4.69) is 79.1 Å². The second kappa shape index (κ2) is 15.7. The zero-order valence-corrected chi connectivity index (χ0v) is 25.1. The maximum atomic E-state index is 5.34. The molecule has 36 heavy (non-hydrogen) atoms. The van der Waals surface area contributed by atoms with E-state index in [4.69, 9.17) is 14.5 Å². The zero-order valence-electron chi connectivity index (χ0n) is 21.9. The second-order valence-corrected chi connectivity index (χ2v) is 9.30. The third-order valence-corrected chi connectivity index (χ3v) is 6.71. The van der Waals surface area contributed by atoms with Crippen LogP contribution in [0.2, 0.25) is 0 Å². The SMILES string of the molecule is CCSC(=Nc1ccc(N(CC)CC)cc1)N(Cc1ccc(OC)cc1)Cc1ccc(OC)cc1.I. The fraction of sp³-hybridized carbons (Fsp3) is 0.345. The number of hydrogen-bond acceptors (Lipinski definition) is 5. The molecule has 0 saturated carbocycles. The van der Waals surface area contributed by atoms with Crippen LogP contribution in [-0.4, -0.2) is 43.1 Å². The molecule has 0 aliphatic heterocycles. The second-order valence-electron chi connectivity index (χ2n) is 8.07. The third-order valence-electron chi connectivity index (χ3n) is 5.81. The van der Waals surface area contributed by atoms with E-state index in [1.807, 2.05) is 24.3 Å². The van der Waals surface area contributed by atoms with Gasteiger partial charge in [-0.15, -0.1) is 24.0 Å². The minimum atomic E-state index is 0. The van der Waals surface area contributed by atoms with Gasteiger partial charge in [-0.3, -0.25) is 0 Å². The Morgan fingerprint density at radius 1 is 0.722 bits per heavy atom. The number of halogens is 1. The molecule has 0 spiro atoms. The zero-order chi connectivity index (χ0) is 25.0. The molecule has 0 bridgehead atoms. The summed E-state index contributed by atoms with van der Waals surface area (Å²) in [7, 11) is 3.39. The maximum Gasteiger partial charge on any atom is 0.164 e. The first-order valence-corrected chi connectivity index (χ1v) is 13.2. The van der Waals surface area contributed by atoms with Crippen LogP contribution in [0.4, 0.5) is 11.4 Å². The van der Waals surface area contributed by atoms with E-state index >= 15 is 0 Å². The van der Waals surface area contributed by atoms with Crippen LogP contribution in [-0.2, 0) is 13.1 Å². The highest BCUT2D eigenvalue weighted by molar-refractivity contribution is 14.0. The number of aliphatic imine (C=N–C) groups is 1. The Labute approximate surface area is 237 Å². The molecule has 0 heterocycles. The Balaban J connectivity index is 0.00000456. The molecule has 0 saturated heterocycles. The molecule has 0 aliphatic carbocycles. The number of amidine groups is 1. The van der Waals surface area contributed by atoms with Crippen molar-refractivity contribution in [2.24, 2.45) is 4.99 Å². The molecule has 0 unspecified atom stereocenters. The first-order chi connectivity index (χ1) is 17.1. The van der Waals surface area contributed by atoms with Gasteiger partial charge in [0.25, 0.3) is 0 Å². The van der Waals surface area contributed by atoms with E-state index in [9.17, 15) is 0 Å². The lowest BCUT2D eigenvalue weighted by Gasteiger charge is -2.26. The first kappa shape index (κ1) is 29.8. The summed E-state index contributed by atoms with van der Waals surface area (Å²) in [6, 6.07) is 25.1. The van der Waals surface area contributed by atoms with Crippen molar-refractivity contribution in [3.8, 4) is 11.5 Å². The predicted octanol–water partition coefficient (Wildman–Crippen LogP) is 7.61. The first-order valence-electron chi connectivity index (χ1n) is 12.2. The van der Waals surface area contributed by atoms with Crippen molar-refractivity contribution < 1.29 is 9.47 Å².